The molecule has 3 rings (SSSR count). The molecule has 4 nitrogen and oxygen atoms in total. The Hall–Kier alpha value is -2.33. The summed E-state index contributed by atoms with van der Waals surface area (Å²) in [6.07, 6.45) is 3.04. The van der Waals surface area contributed by atoms with Crippen LogP contribution < -0.4 is 9.64 Å². The first-order valence-corrected chi connectivity index (χ1v) is 8.79. The zero-order valence-corrected chi connectivity index (χ0v) is 15.0. The topological polar surface area (TPSA) is 41.9 Å². The molecule has 0 fully saturated rings. The maximum absolute atomic E-state index is 12.8. The number of hydrogen-bond donors (Lipinski definition) is 0. The van der Waals surface area contributed by atoms with Gasteiger partial charge in [0.1, 0.15) is 11.6 Å². The number of Topliss-reactive ketones (excluding diaryl/α,β-unsaturated/α-hetero) is 1. The van der Waals surface area contributed by atoms with Crippen LogP contribution in [0.15, 0.2) is 53.5 Å². The molecule has 0 amide bonds. The summed E-state index contributed by atoms with van der Waals surface area (Å²) in [5, 5.41) is 0.620. The number of ether oxygens (including phenoxy) is 1. The van der Waals surface area contributed by atoms with E-state index in [0.29, 0.717) is 10.6 Å². The minimum absolute atomic E-state index is 0.0239. The van der Waals surface area contributed by atoms with Gasteiger partial charge in [0.05, 0.1) is 19.3 Å². The number of carbonyl (C=O) groups excluding carboxylic acids is 1. The second-order valence-corrected chi connectivity index (χ2v) is 6.38. The second kappa shape index (κ2) is 8.17. The maximum atomic E-state index is 12.8. The van der Waals surface area contributed by atoms with Gasteiger partial charge in [-0.25, -0.2) is 0 Å². The van der Waals surface area contributed by atoms with E-state index in [1.165, 1.54) is 0 Å². The molecule has 0 aromatic heterocycles. The molecule has 0 aliphatic carbocycles. The lowest BCUT2D eigenvalue weighted by Gasteiger charge is -2.29. The van der Waals surface area contributed by atoms with E-state index in [-0.39, 0.29) is 12.3 Å². The van der Waals surface area contributed by atoms with Crippen molar-refractivity contribution in [3.63, 3.8) is 0 Å². The Morgan fingerprint density at radius 1 is 1.16 bits per heavy atom. The molecule has 0 saturated carbocycles. The van der Waals surface area contributed by atoms with Crippen molar-refractivity contribution in [2.75, 3.05) is 25.1 Å². The van der Waals surface area contributed by atoms with Crippen LogP contribution in [-0.2, 0) is 0 Å². The standard InChI is InChI=1S/C20H21ClN2O2/c1-25-19-7-3-2-6-17(19)23(20-8-4-5-13-22-20)14-18(24)15-9-11-16(21)12-10-15/h2-3,6-7,9-12H,4-5,8,13-14H2,1H3. The van der Waals surface area contributed by atoms with Gasteiger partial charge < -0.3 is 9.64 Å². The Labute approximate surface area is 153 Å². The van der Waals surface area contributed by atoms with Gasteiger partial charge in [-0.3, -0.25) is 9.79 Å². The molecule has 2 aromatic carbocycles. The monoisotopic (exact) mass is 356 g/mol. The summed E-state index contributed by atoms with van der Waals surface area (Å²) in [6.45, 7) is 1.02. The van der Waals surface area contributed by atoms with Gasteiger partial charge in [-0.1, -0.05) is 23.7 Å². The average Bonchev–Trinajstić information content (AvgIpc) is 2.67. The lowest BCUT2D eigenvalue weighted by molar-refractivity contribution is 0.100. The number of amidine groups is 1. The molecule has 1 aliphatic rings. The molecule has 0 atom stereocenters. The number of anilines is 1. The van der Waals surface area contributed by atoms with Crippen molar-refractivity contribution in [2.24, 2.45) is 4.99 Å². The number of rotatable bonds is 5. The lowest BCUT2D eigenvalue weighted by atomic mass is 10.1. The smallest absolute Gasteiger partial charge is 0.182 e. The van der Waals surface area contributed by atoms with Crippen LogP contribution in [0.2, 0.25) is 5.02 Å². The molecule has 130 valence electrons. The predicted molar refractivity (Wildman–Crippen MR) is 102 cm³/mol. The molecule has 1 heterocycles. The molecular formula is C20H21ClN2O2. The summed E-state index contributed by atoms with van der Waals surface area (Å²) < 4.78 is 5.49. The fourth-order valence-corrected chi connectivity index (χ4v) is 3.07. The Morgan fingerprint density at radius 2 is 1.92 bits per heavy atom. The van der Waals surface area contributed by atoms with Crippen molar-refractivity contribution in [1.82, 2.24) is 0 Å². The van der Waals surface area contributed by atoms with Crippen LogP contribution in [0, 0.1) is 0 Å². The highest BCUT2D eigenvalue weighted by atomic mass is 35.5. The van der Waals surface area contributed by atoms with Crippen LogP contribution >= 0.6 is 11.6 Å². The summed E-state index contributed by atoms with van der Waals surface area (Å²) in [7, 11) is 1.64. The first-order chi connectivity index (χ1) is 12.2. The molecule has 0 radical (unpaired) electrons. The number of methoxy groups -OCH3 is 1. The zero-order valence-electron chi connectivity index (χ0n) is 14.2. The van der Waals surface area contributed by atoms with Gasteiger partial charge in [-0.2, -0.15) is 0 Å². The summed E-state index contributed by atoms with van der Waals surface area (Å²) in [5.74, 6) is 1.70. The molecule has 0 spiro atoms. The van der Waals surface area contributed by atoms with Gasteiger partial charge in [0, 0.05) is 23.6 Å². The highest BCUT2D eigenvalue weighted by Gasteiger charge is 2.22. The molecule has 0 bridgehead atoms. The summed E-state index contributed by atoms with van der Waals surface area (Å²) in [4.78, 5) is 19.4. The number of para-hydroxylation sites is 2. The van der Waals surface area contributed by atoms with E-state index in [4.69, 9.17) is 16.3 Å². The summed E-state index contributed by atoms with van der Waals surface area (Å²) in [5.41, 5.74) is 1.51. The normalized spacial score (nSPS) is 13.9. The number of ketones is 1. The van der Waals surface area contributed by atoms with E-state index in [0.717, 1.165) is 43.1 Å². The first kappa shape index (κ1) is 17.5. The Kier molecular flexibility index (Phi) is 5.71. The van der Waals surface area contributed by atoms with E-state index in [1.54, 1.807) is 31.4 Å². The Bertz CT molecular complexity index is 772. The van der Waals surface area contributed by atoms with Crippen LogP contribution in [0.4, 0.5) is 5.69 Å². The van der Waals surface area contributed by atoms with Crippen LogP contribution in [0.1, 0.15) is 29.6 Å². The van der Waals surface area contributed by atoms with Crippen LogP contribution in [0.3, 0.4) is 0 Å². The average molecular weight is 357 g/mol. The third-order valence-electron chi connectivity index (χ3n) is 4.26. The molecule has 0 unspecified atom stereocenters. The molecule has 2 aromatic rings. The van der Waals surface area contributed by atoms with E-state index in [9.17, 15) is 4.79 Å². The number of carbonyl (C=O) groups is 1. The lowest BCUT2D eigenvalue weighted by Crippen LogP contribution is -2.37. The maximum Gasteiger partial charge on any atom is 0.182 e. The highest BCUT2D eigenvalue weighted by molar-refractivity contribution is 6.30. The van der Waals surface area contributed by atoms with E-state index in [2.05, 4.69) is 4.99 Å². The number of hydrogen-bond acceptors (Lipinski definition) is 4. The van der Waals surface area contributed by atoms with Crippen molar-refractivity contribution >= 4 is 28.9 Å². The van der Waals surface area contributed by atoms with Gasteiger partial charge >= 0.3 is 0 Å². The van der Waals surface area contributed by atoms with E-state index in [1.807, 2.05) is 29.2 Å². The quantitative estimate of drug-likeness (QED) is 0.734. The predicted octanol–water partition coefficient (Wildman–Crippen LogP) is 4.62. The zero-order chi connectivity index (χ0) is 17.6. The van der Waals surface area contributed by atoms with Crippen molar-refractivity contribution in [2.45, 2.75) is 19.3 Å². The molecule has 25 heavy (non-hydrogen) atoms. The Balaban J connectivity index is 1.92. The molecule has 0 N–H and O–H groups in total. The van der Waals surface area contributed by atoms with E-state index >= 15 is 0 Å². The van der Waals surface area contributed by atoms with Gasteiger partial charge in [-0.15, -0.1) is 0 Å². The van der Waals surface area contributed by atoms with Crippen molar-refractivity contribution < 1.29 is 9.53 Å². The largest absolute Gasteiger partial charge is 0.495 e. The SMILES string of the molecule is COc1ccccc1N(CC(=O)c1ccc(Cl)cc1)C1=NCCCC1. The van der Waals surface area contributed by atoms with Gasteiger partial charge in [0.15, 0.2) is 5.78 Å². The van der Waals surface area contributed by atoms with E-state index < -0.39 is 0 Å². The molecular weight excluding hydrogens is 336 g/mol. The number of nitrogens with zero attached hydrogens (tertiary/aromatic N) is 2. The number of aliphatic imine (C=N–C) groups is 1. The highest BCUT2D eigenvalue weighted by Crippen LogP contribution is 2.30. The van der Waals surface area contributed by atoms with Crippen molar-refractivity contribution in [3.05, 3.63) is 59.1 Å². The third kappa shape index (κ3) is 4.20. The van der Waals surface area contributed by atoms with Crippen LogP contribution in [-0.4, -0.2) is 31.8 Å². The fourth-order valence-electron chi connectivity index (χ4n) is 2.94. The minimum atomic E-state index is 0.0239. The number of benzene rings is 2. The van der Waals surface area contributed by atoms with Crippen molar-refractivity contribution in [1.29, 1.82) is 0 Å². The Morgan fingerprint density at radius 3 is 2.60 bits per heavy atom. The van der Waals surface area contributed by atoms with Crippen LogP contribution in [0.5, 0.6) is 5.75 Å². The summed E-state index contributed by atoms with van der Waals surface area (Å²) in [6, 6.07) is 14.7. The fraction of sp³-hybridized carbons (Fsp3) is 0.300. The van der Waals surface area contributed by atoms with Gasteiger partial charge in [0.2, 0.25) is 0 Å². The number of halogens is 1. The van der Waals surface area contributed by atoms with Crippen LogP contribution in [0.25, 0.3) is 0 Å². The van der Waals surface area contributed by atoms with Gasteiger partial charge in [0.25, 0.3) is 0 Å². The third-order valence-corrected chi connectivity index (χ3v) is 4.51. The second-order valence-electron chi connectivity index (χ2n) is 5.94. The summed E-state index contributed by atoms with van der Waals surface area (Å²) >= 11 is 5.92. The molecule has 0 saturated heterocycles. The minimum Gasteiger partial charge on any atom is -0.495 e. The van der Waals surface area contributed by atoms with Gasteiger partial charge in [-0.05, 0) is 49.2 Å². The molecule has 1 aliphatic heterocycles. The molecule has 5 heteroatoms. The first-order valence-electron chi connectivity index (χ1n) is 8.41. The van der Waals surface area contributed by atoms with Crippen molar-refractivity contribution in [3.8, 4) is 5.75 Å².